The molecule has 1 heterocycles. The Labute approximate surface area is 204 Å². The van der Waals surface area contributed by atoms with Gasteiger partial charge < -0.3 is 14.7 Å². The predicted octanol–water partition coefficient (Wildman–Crippen LogP) is 6.22. The van der Waals surface area contributed by atoms with Crippen LogP contribution in [0.1, 0.15) is 20.3 Å². The van der Waals surface area contributed by atoms with E-state index in [1.807, 2.05) is 30.5 Å². The first kappa shape index (κ1) is 27.0. The van der Waals surface area contributed by atoms with E-state index in [0.29, 0.717) is 11.8 Å². The molecule has 3 rings (SSSR count). The summed E-state index contributed by atoms with van der Waals surface area (Å²) in [6, 6.07) is 14.6. The van der Waals surface area contributed by atoms with Crippen LogP contribution in [0, 0.1) is 0 Å². The molecular formula is C25H31FN2O3S2. The van der Waals surface area contributed by atoms with Gasteiger partial charge in [-0.05, 0) is 69.8 Å². The lowest BCUT2D eigenvalue weighted by Gasteiger charge is -2.29. The lowest BCUT2D eigenvalue weighted by atomic mass is 10.1. The number of aldehydes is 1. The monoisotopic (exact) mass is 490 g/mol. The van der Waals surface area contributed by atoms with Gasteiger partial charge in [0, 0.05) is 25.4 Å². The van der Waals surface area contributed by atoms with E-state index in [2.05, 4.69) is 54.4 Å². The molecule has 0 amide bonds. The molecule has 0 bridgehead atoms. The molecule has 0 saturated heterocycles. The van der Waals surface area contributed by atoms with Crippen LogP contribution < -0.4 is 9.64 Å². The van der Waals surface area contributed by atoms with Crippen LogP contribution >= 0.6 is 23.7 Å². The van der Waals surface area contributed by atoms with Crippen molar-refractivity contribution in [2.24, 2.45) is 0 Å². The Morgan fingerprint density at radius 2 is 1.97 bits per heavy atom. The lowest BCUT2D eigenvalue weighted by Crippen LogP contribution is -2.35. The van der Waals surface area contributed by atoms with E-state index in [4.69, 9.17) is 9.84 Å². The number of hydrogen-bond donors (Lipinski definition) is 1. The van der Waals surface area contributed by atoms with Crippen molar-refractivity contribution in [1.29, 1.82) is 0 Å². The maximum atomic E-state index is 13.3. The van der Waals surface area contributed by atoms with E-state index in [9.17, 15) is 9.18 Å². The smallest absolute Gasteiger partial charge is 0.197 e. The van der Waals surface area contributed by atoms with Crippen LogP contribution in [0.5, 0.6) is 5.75 Å². The SMILES string of the molecule is CO.CSc1cc2c(cc1O/C=C(\F)C=O)SN(C)C(CC=C(C)C)CN2c1ccccc1. The molecule has 1 unspecified atom stereocenters. The van der Waals surface area contributed by atoms with E-state index in [0.717, 1.165) is 47.5 Å². The van der Waals surface area contributed by atoms with E-state index < -0.39 is 5.83 Å². The summed E-state index contributed by atoms with van der Waals surface area (Å²) in [5.74, 6) is -0.417. The molecule has 1 aliphatic rings. The molecular weight excluding hydrogens is 459 g/mol. The number of likely N-dealkylation sites (N-methyl/N-ethyl adjacent to an activating group) is 1. The molecule has 0 saturated carbocycles. The van der Waals surface area contributed by atoms with Gasteiger partial charge in [0.05, 0.1) is 15.5 Å². The Bertz CT molecular complexity index is 979. The number of allylic oxidation sites excluding steroid dienone is 2. The highest BCUT2D eigenvalue weighted by molar-refractivity contribution is 7.98. The van der Waals surface area contributed by atoms with Crippen LogP contribution in [0.4, 0.5) is 15.8 Å². The number of nitrogens with zero attached hydrogens (tertiary/aromatic N) is 2. The number of ether oxygens (including phenoxy) is 1. The Morgan fingerprint density at radius 1 is 1.27 bits per heavy atom. The molecule has 0 fully saturated rings. The Hall–Kier alpha value is -2.26. The number of aliphatic hydroxyl groups excluding tert-OH is 1. The maximum absolute atomic E-state index is 13.3. The first-order valence-electron chi connectivity index (χ1n) is 10.4. The second-order valence-electron chi connectivity index (χ2n) is 7.46. The zero-order chi connectivity index (χ0) is 24.4. The number of carbonyl (C=O) groups is 1. The highest BCUT2D eigenvalue weighted by atomic mass is 32.2. The van der Waals surface area contributed by atoms with E-state index >= 15 is 0 Å². The predicted molar refractivity (Wildman–Crippen MR) is 137 cm³/mol. The summed E-state index contributed by atoms with van der Waals surface area (Å²) < 4.78 is 21.1. The molecule has 5 nitrogen and oxygen atoms in total. The number of hydrogen-bond acceptors (Lipinski definition) is 7. The van der Waals surface area contributed by atoms with Gasteiger partial charge in [0.1, 0.15) is 12.0 Å². The third kappa shape index (κ3) is 7.37. The van der Waals surface area contributed by atoms with Crippen molar-refractivity contribution in [2.45, 2.75) is 36.1 Å². The third-order valence-corrected chi connectivity index (χ3v) is 6.83. The summed E-state index contributed by atoms with van der Waals surface area (Å²) in [5, 5.41) is 7.00. The van der Waals surface area contributed by atoms with Crippen molar-refractivity contribution in [1.82, 2.24) is 4.31 Å². The summed E-state index contributed by atoms with van der Waals surface area (Å²) in [5.41, 5.74) is 3.50. The summed E-state index contributed by atoms with van der Waals surface area (Å²) in [7, 11) is 3.10. The average Bonchev–Trinajstić information content (AvgIpc) is 2.97. The van der Waals surface area contributed by atoms with Gasteiger partial charge in [0.25, 0.3) is 0 Å². The number of anilines is 2. The molecule has 2 aromatic carbocycles. The molecule has 2 aromatic rings. The quantitative estimate of drug-likeness (QED) is 0.123. The van der Waals surface area contributed by atoms with Crippen molar-refractivity contribution < 1.29 is 19.0 Å². The largest absolute Gasteiger partial charge is 0.461 e. The van der Waals surface area contributed by atoms with Crippen LogP contribution in [-0.4, -0.2) is 48.7 Å². The third-order valence-electron chi connectivity index (χ3n) is 4.96. The number of benzene rings is 2. The molecule has 8 heteroatoms. The standard InChI is InChI=1S/C24H27FN2O2S2.CH4O/c1-17(2)10-11-20-14-27(19-8-6-5-7-9-19)21-12-24(30-4)22(29-16-18(25)15-28)13-23(21)31-26(20)3;1-2/h5-10,12-13,15-16,20H,11,14H2,1-4H3;2H,1H3/b18-16-;. The number of carbonyl (C=O) groups excluding carboxylic acids is 1. The van der Waals surface area contributed by atoms with Crippen molar-refractivity contribution in [3.05, 3.63) is 66.2 Å². The molecule has 0 aliphatic carbocycles. The summed E-state index contributed by atoms with van der Waals surface area (Å²) in [4.78, 5) is 14.8. The van der Waals surface area contributed by atoms with Crippen molar-refractivity contribution in [3.8, 4) is 5.75 Å². The molecule has 1 N–H and O–H groups in total. The van der Waals surface area contributed by atoms with Crippen molar-refractivity contribution >= 4 is 41.4 Å². The van der Waals surface area contributed by atoms with Crippen LogP contribution in [0.3, 0.4) is 0 Å². The topological polar surface area (TPSA) is 53.0 Å². The zero-order valence-electron chi connectivity index (χ0n) is 19.6. The van der Waals surface area contributed by atoms with Gasteiger partial charge in [-0.25, -0.2) is 4.31 Å². The van der Waals surface area contributed by atoms with Crippen LogP contribution in [-0.2, 0) is 4.79 Å². The second kappa shape index (κ2) is 13.4. The number of fused-ring (bicyclic) bond motifs is 1. The fourth-order valence-corrected chi connectivity index (χ4v) is 4.89. The molecule has 178 valence electrons. The highest BCUT2D eigenvalue weighted by Gasteiger charge is 2.28. The molecule has 0 spiro atoms. The minimum Gasteiger partial charge on any atom is -0.461 e. The normalized spacial score (nSPS) is 16.2. The van der Waals surface area contributed by atoms with Crippen LogP contribution in [0.15, 0.2) is 76.0 Å². The molecule has 1 atom stereocenters. The Balaban J connectivity index is 0.00000187. The Morgan fingerprint density at radius 3 is 2.58 bits per heavy atom. The first-order valence-corrected chi connectivity index (χ1v) is 12.4. The second-order valence-corrected chi connectivity index (χ2v) is 9.51. The summed E-state index contributed by atoms with van der Waals surface area (Å²) in [6.45, 7) is 5.07. The van der Waals surface area contributed by atoms with Gasteiger partial charge in [-0.3, -0.25) is 4.79 Å². The van der Waals surface area contributed by atoms with Crippen LogP contribution in [0.2, 0.25) is 0 Å². The van der Waals surface area contributed by atoms with Gasteiger partial charge in [-0.1, -0.05) is 29.8 Å². The lowest BCUT2D eigenvalue weighted by molar-refractivity contribution is -0.106. The number of halogens is 1. The average molecular weight is 491 g/mol. The van der Waals surface area contributed by atoms with E-state index in [-0.39, 0.29) is 6.29 Å². The molecule has 1 aliphatic heterocycles. The van der Waals surface area contributed by atoms with Gasteiger partial charge in [0.15, 0.2) is 12.1 Å². The number of aliphatic hydroxyl groups is 1. The fourth-order valence-electron chi connectivity index (χ4n) is 3.31. The minimum atomic E-state index is -0.945. The van der Waals surface area contributed by atoms with Crippen LogP contribution in [0.25, 0.3) is 0 Å². The number of para-hydroxylation sites is 1. The molecule has 33 heavy (non-hydrogen) atoms. The van der Waals surface area contributed by atoms with Crippen molar-refractivity contribution in [3.63, 3.8) is 0 Å². The van der Waals surface area contributed by atoms with E-state index in [1.165, 1.54) is 17.3 Å². The highest BCUT2D eigenvalue weighted by Crippen LogP contribution is 2.45. The number of thioether (sulfide) groups is 1. The summed E-state index contributed by atoms with van der Waals surface area (Å²) >= 11 is 3.18. The van der Waals surface area contributed by atoms with Gasteiger partial charge in [0.2, 0.25) is 0 Å². The minimum absolute atomic E-state index is 0.135. The molecule has 0 radical (unpaired) electrons. The fraction of sp³-hybridized carbons (Fsp3) is 0.320. The van der Waals surface area contributed by atoms with Gasteiger partial charge in [-0.15, -0.1) is 11.8 Å². The van der Waals surface area contributed by atoms with Gasteiger partial charge >= 0.3 is 0 Å². The maximum Gasteiger partial charge on any atom is 0.197 e. The molecule has 0 aromatic heterocycles. The van der Waals surface area contributed by atoms with Gasteiger partial charge in [-0.2, -0.15) is 4.39 Å². The zero-order valence-corrected chi connectivity index (χ0v) is 21.3. The van der Waals surface area contributed by atoms with E-state index in [1.54, 1.807) is 11.9 Å². The Kier molecular flexibility index (Phi) is 11.0. The van der Waals surface area contributed by atoms with Crippen molar-refractivity contribution in [2.75, 3.05) is 31.9 Å². The number of rotatable bonds is 7. The summed E-state index contributed by atoms with van der Waals surface area (Å²) in [6.07, 6.45) is 6.15. The first-order chi connectivity index (χ1) is 15.9.